The summed E-state index contributed by atoms with van der Waals surface area (Å²) in [5.41, 5.74) is 1.60. The lowest BCUT2D eigenvalue weighted by Crippen LogP contribution is -2.56. The molecule has 0 saturated heterocycles. The van der Waals surface area contributed by atoms with Crippen molar-refractivity contribution in [3.8, 4) is 0 Å². The Kier molecular flexibility index (Phi) is 9.13. The molecule has 8 heteroatoms. The van der Waals surface area contributed by atoms with E-state index in [9.17, 15) is 18.0 Å². The molecule has 0 aliphatic heterocycles. The molecule has 2 amide bonds. The number of nitrogens with one attached hydrogen (secondary N) is 1. The molecule has 7 nitrogen and oxygen atoms in total. The molecule has 0 fully saturated rings. The number of nitrogens with zero attached hydrogens (tertiary/aromatic N) is 2. The summed E-state index contributed by atoms with van der Waals surface area (Å²) in [4.78, 5) is 29.6. The van der Waals surface area contributed by atoms with Crippen LogP contribution in [0.3, 0.4) is 0 Å². The van der Waals surface area contributed by atoms with Gasteiger partial charge < -0.3 is 10.2 Å². The minimum atomic E-state index is -3.86. The second-order valence-electron chi connectivity index (χ2n) is 11.2. The van der Waals surface area contributed by atoms with Gasteiger partial charge in [-0.2, -0.15) is 0 Å². The van der Waals surface area contributed by atoms with Crippen LogP contribution >= 0.6 is 0 Å². The van der Waals surface area contributed by atoms with E-state index in [-0.39, 0.29) is 18.9 Å². The van der Waals surface area contributed by atoms with Crippen molar-refractivity contribution < 1.29 is 18.0 Å². The van der Waals surface area contributed by atoms with Gasteiger partial charge in [-0.15, -0.1) is 0 Å². The Morgan fingerprint density at radius 2 is 1.34 bits per heavy atom. The van der Waals surface area contributed by atoms with E-state index in [2.05, 4.69) is 5.32 Å². The Balaban J connectivity index is 1.78. The third-order valence-corrected chi connectivity index (χ3v) is 7.81. The number of hydrogen-bond donors (Lipinski definition) is 1. The molecule has 41 heavy (non-hydrogen) atoms. The zero-order chi connectivity index (χ0) is 29.6. The van der Waals surface area contributed by atoms with Crippen LogP contribution in [-0.2, 0) is 32.6 Å². The fraction of sp³-hybridized carbons (Fsp3) is 0.273. The summed E-state index contributed by atoms with van der Waals surface area (Å²) in [6.45, 7) is 5.36. The van der Waals surface area contributed by atoms with Gasteiger partial charge in [-0.3, -0.25) is 13.9 Å². The molecule has 0 unspecified atom stereocenters. The van der Waals surface area contributed by atoms with E-state index in [4.69, 9.17) is 0 Å². The lowest BCUT2D eigenvalue weighted by atomic mass is 10.0. The zero-order valence-corrected chi connectivity index (χ0v) is 24.8. The number of carbonyl (C=O) groups is 2. The van der Waals surface area contributed by atoms with Crippen LogP contribution in [0.2, 0.25) is 0 Å². The monoisotopic (exact) mass is 571 g/mol. The van der Waals surface area contributed by atoms with Gasteiger partial charge in [0.05, 0.1) is 11.9 Å². The first-order chi connectivity index (χ1) is 19.4. The van der Waals surface area contributed by atoms with Gasteiger partial charge in [-0.1, -0.05) is 97.1 Å². The molecular formula is C33H37N3O4S. The van der Waals surface area contributed by atoms with Crippen molar-refractivity contribution in [2.45, 2.75) is 45.3 Å². The fourth-order valence-corrected chi connectivity index (χ4v) is 5.67. The molecular weight excluding hydrogens is 534 g/mol. The van der Waals surface area contributed by atoms with Crippen LogP contribution in [0.15, 0.2) is 103 Å². The van der Waals surface area contributed by atoms with Crippen LogP contribution in [0.25, 0.3) is 10.8 Å². The number of fused-ring (bicyclic) bond motifs is 1. The standard InChI is InChI=1S/C33H37N3O4S/c1-33(2,3)34-32(38)30(22-25-14-7-5-8-15-25)35(23-26-16-9-6-10-17-26)31(37)24-36(41(4,39)40)29-21-13-19-27-18-11-12-20-28(27)29/h5-21,30H,22-24H2,1-4H3,(H,34,38)/t30-/m0/s1. The fourth-order valence-electron chi connectivity index (χ4n) is 4.81. The molecule has 0 aromatic heterocycles. The molecule has 0 aliphatic carbocycles. The first kappa shape index (κ1) is 29.8. The first-order valence-corrected chi connectivity index (χ1v) is 15.4. The normalized spacial score (nSPS) is 12.5. The first-order valence-electron chi connectivity index (χ1n) is 13.6. The number of anilines is 1. The van der Waals surface area contributed by atoms with Crippen LogP contribution < -0.4 is 9.62 Å². The van der Waals surface area contributed by atoms with Crippen LogP contribution in [-0.4, -0.2) is 49.5 Å². The van der Waals surface area contributed by atoms with Crippen molar-refractivity contribution in [3.05, 3.63) is 114 Å². The molecule has 1 atom stereocenters. The summed E-state index contributed by atoms with van der Waals surface area (Å²) in [5.74, 6) is -0.779. The topological polar surface area (TPSA) is 86.8 Å². The number of hydrogen-bond acceptors (Lipinski definition) is 4. The summed E-state index contributed by atoms with van der Waals surface area (Å²) >= 11 is 0. The quantitative estimate of drug-likeness (QED) is 0.285. The average molecular weight is 572 g/mol. The highest BCUT2D eigenvalue weighted by Gasteiger charge is 2.34. The number of carbonyl (C=O) groups excluding carboxylic acids is 2. The predicted molar refractivity (Wildman–Crippen MR) is 165 cm³/mol. The molecule has 0 radical (unpaired) electrons. The van der Waals surface area contributed by atoms with E-state index in [0.717, 1.165) is 27.1 Å². The van der Waals surface area contributed by atoms with Crippen molar-refractivity contribution in [3.63, 3.8) is 0 Å². The number of benzene rings is 4. The van der Waals surface area contributed by atoms with Gasteiger partial charge in [-0.25, -0.2) is 8.42 Å². The van der Waals surface area contributed by atoms with Crippen molar-refractivity contribution in [1.82, 2.24) is 10.2 Å². The SMILES string of the molecule is CC(C)(C)NC(=O)[C@H](Cc1ccccc1)N(Cc1ccccc1)C(=O)CN(c1cccc2ccccc12)S(C)(=O)=O. The van der Waals surface area contributed by atoms with E-state index in [1.165, 1.54) is 4.90 Å². The van der Waals surface area contributed by atoms with E-state index >= 15 is 0 Å². The zero-order valence-electron chi connectivity index (χ0n) is 23.9. The predicted octanol–water partition coefficient (Wildman–Crippen LogP) is 5.16. The van der Waals surface area contributed by atoms with Gasteiger partial charge in [0.25, 0.3) is 0 Å². The summed E-state index contributed by atoms with van der Waals surface area (Å²) in [7, 11) is -3.86. The maximum atomic E-state index is 14.3. The molecule has 4 aromatic carbocycles. The van der Waals surface area contributed by atoms with Crippen LogP contribution in [0, 0.1) is 0 Å². The highest BCUT2D eigenvalue weighted by atomic mass is 32.2. The van der Waals surface area contributed by atoms with Crippen molar-refractivity contribution in [1.29, 1.82) is 0 Å². The maximum absolute atomic E-state index is 14.3. The Morgan fingerprint density at radius 3 is 1.95 bits per heavy atom. The Labute approximate surface area is 242 Å². The van der Waals surface area contributed by atoms with E-state index in [1.807, 2.05) is 112 Å². The van der Waals surface area contributed by atoms with Gasteiger partial charge in [0.2, 0.25) is 21.8 Å². The van der Waals surface area contributed by atoms with Gasteiger partial charge in [0.1, 0.15) is 12.6 Å². The molecule has 0 heterocycles. The summed E-state index contributed by atoms with van der Waals surface area (Å²) in [6, 6.07) is 30.9. The van der Waals surface area contributed by atoms with Crippen molar-refractivity contribution in [2.75, 3.05) is 17.1 Å². The van der Waals surface area contributed by atoms with Gasteiger partial charge in [0, 0.05) is 23.9 Å². The number of amides is 2. The van der Waals surface area contributed by atoms with Crippen molar-refractivity contribution in [2.24, 2.45) is 0 Å². The van der Waals surface area contributed by atoms with Crippen LogP contribution in [0.5, 0.6) is 0 Å². The van der Waals surface area contributed by atoms with Gasteiger partial charge in [-0.05, 0) is 43.4 Å². The van der Waals surface area contributed by atoms with E-state index < -0.39 is 34.1 Å². The summed E-state index contributed by atoms with van der Waals surface area (Å²) in [5, 5.41) is 4.61. The minimum Gasteiger partial charge on any atom is -0.350 e. The van der Waals surface area contributed by atoms with Crippen molar-refractivity contribution >= 4 is 38.3 Å². The van der Waals surface area contributed by atoms with E-state index in [0.29, 0.717) is 11.1 Å². The second kappa shape index (κ2) is 12.6. The molecule has 0 spiro atoms. The van der Waals surface area contributed by atoms with Crippen LogP contribution in [0.1, 0.15) is 31.9 Å². The smallest absolute Gasteiger partial charge is 0.244 e. The lowest BCUT2D eigenvalue weighted by Gasteiger charge is -2.35. The molecule has 1 N–H and O–H groups in total. The highest BCUT2D eigenvalue weighted by Crippen LogP contribution is 2.29. The molecule has 4 aromatic rings. The number of rotatable bonds is 10. The molecule has 0 bridgehead atoms. The molecule has 214 valence electrons. The van der Waals surface area contributed by atoms with Crippen LogP contribution in [0.4, 0.5) is 5.69 Å². The Hall–Kier alpha value is -4.17. The summed E-state index contributed by atoms with van der Waals surface area (Å²) < 4.78 is 27.4. The van der Waals surface area contributed by atoms with E-state index in [1.54, 1.807) is 12.1 Å². The van der Waals surface area contributed by atoms with Gasteiger partial charge in [0.15, 0.2) is 0 Å². The number of sulfonamides is 1. The van der Waals surface area contributed by atoms with Gasteiger partial charge >= 0.3 is 0 Å². The highest BCUT2D eigenvalue weighted by molar-refractivity contribution is 7.92. The summed E-state index contributed by atoms with van der Waals surface area (Å²) in [6.07, 6.45) is 1.37. The largest absolute Gasteiger partial charge is 0.350 e. The Bertz CT molecular complexity index is 1590. The molecule has 0 saturated carbocycles. The third-order valence-electron chi connectivity index (χ3n) is 6.68. The average Bonchev–Trinajstić information content (AvgIpc) is 2.93. The third kappa shape index (κ3) is 7.95. The minimum absolute atomic E-state index is 0.141. The lowest BCUT2D eigenvalue weighted by molar-refractivity contribution is -0.140. The maximum Gasteiger partial charge on any atom is 0.244 e. The second-order valence-corrected chi connectivity index (χ2v) is 13.1. The molecule has 0 aliphatic rings. The Morgan fingerprint density at radius 1 is 0.780 bits per heavy atom. The molecule has 4 rings (SSSR count).